The van der Waals surface area contributed by atoms with Crippen LogP contribution in [0.3, 0.4) is 0 Å². The minimum Gasteiger partial charge on any atom is -0.497 e. The summed E-state index contributed by atoms with van der Waals surface area (Å²) < 4.78 is 19.7. The molecule has 2 aliphatic rings. The number of halogens is 1. The van der Waals surface area contributed by atoms with Crippen LogP contribution < -0.4 is 19.9 Å². The number of benzene rings is 2. The van der Waals surface area contributed by atoms with Gasteiger partial charge in [-0.1, -0.05) is 6.07 Å². The second-order valence-electron chi connectivity index (χ2n) is 7.06. The van der Waals surface area contributed by atoms with E-state index < -0.39 is 23.7 Å². The van der Waals surface area contributed by atoms with Crippen LogP contribution >= 0.6 is 0 Å². The van der Waals surface area contributed by atoms with Crippen molar-refractivity contribution in [2.75, 3.05) is 30.0 Å². The Labute approximate surface area is 172 Å². The zero-order valence-electron chi connectivity index (χ0n) is 16.4. The van der Waals surface area contributed by atoms with Crippen LogP contribution in [0.25, 0.3) is 6.08 Å². The molecule has 30 heavy (non-hydrogen) atoms. The highest BCUT2D eigenvalue weighted by atomic mass is 19.1. The monoisotopic (exact) mass is 409 g/mol. The topological polar surface area (TPSA) is 79.0 Å². The van der Waals surface area contributed by atoms with Crippen LogP contribution in [0.1, 0.15) is 18.4 Å². The van der Waals surface area contributed by atoms with Gasteiger partial charge in [-0.15, -0.1) is 0 Å². The number of amides is 4. The van der Waals surface area contributed by atoms with Gasteiger partial charge in [0.1, 0.15) is 17.1 Å². The van der Waals surface area contributed by atoms with E-state index in [2.05, 4.69) is 5.32 Å². The number of carbonyl (C=O) groups excluding carboxylic acids is 3. The summed E-state index contributed by atoms with van der Waals surface area (Å²) >= 11 is 0. The van der Waals surface area contributed by atoms with Gasteiger partial charge in [0.2, 0.25) is 0 Å². The van der Waals surface area contributed by atoms with Crippen LogP contribution in [0.2, 0.25) is 0 Å². The fourth-order valence-electron chi connectivity index (χ4n) is 3.62. The highest BCUT2D eigenvalue weighted by Crippen LogP contribution is 2.27. The predicted molar refractivity (Wildman–Crippen MR) is 110 cm³/mol. The van der Waals surface area contributed by atoms with E-state index in [0.29, 0.717) is 17.0 Å². The van der Waals surface area contributed by atoms with Gasteiger partial charge < -0.3 is 9.64 Å². The highest BCUT2D eigenvalue weighted by Gasteiger charge is 2.36. The van der Waals surface area contributed by atoms with E-state index in [-0.39, 0.29) is 11.3 Å². The number of hydrogen-bond acceptors (Lipinski definition) is 5. The molecular weight excluding hydrogens is 389 g/mol. The molecule has 0 aliphatic carbocycles. The van der Waals surface area contributed by atoms with Crippen molar-refractivity contribution >= 4 is 35.3 Å². The number of anilines is 2. The average molecular weight is 409 g/mol. The minimum atomic E-state index is -0.845. The van der Waals surface area contributed by atoms with E-state index in [4.69, 9.17) is 4.74 Å². The maximum absolute atomic E-state index is 14.6. The van der Waals surface area contributed by atoms with Crippen LogP contribution in [0, 0.1) is 5.82 Å². The van der Waals surface area contributed by atoms with Crippen molar-refractivity contribution in [2.24, 2.45) is 0 Å². The largest absolute Gasteiger partial charge is 0.497 e. The molecule has 0 saturated carbocycles. The molecule has 4 amide bonds. The van der Waals surface area contributed by atoms with E-state index in [9.17, 15) is 18.8 Å². The normalized spacial score (nSPS) is 18.2. The molecule has 2 heterocycles. The van der Waals surface area contributed by atoms with Crippen molar-refractivity contribution < 1.29 is 23.5 Å². The van der Waals surface area contributed by atoms with Crippen molar-refractivity contribution in [1.29, 1.82) is 0 Å². The van der Waals surface area contributed by atoms with Gasteiger partial charge in [-0.2, -0.15) is 0 Å². The molecule has 4 rings (SSSR count). The Morgan fingerprint density at radius 1 is 1.03 bits per heavy atom. The summed E-state index contributed by atoms with van der Waals surface area (Å²) in [5.41, 5.74) is 0.896. The predicted octanol–water partition coefficient (Wildman–Crippen LogP) is 3.10. The molecule has 0 bridgehead atoms. The molecule has 0 radical (unpaired) electrons. The lowest BCUT2D eigenvalue weighted by atomic mass is 10.1. The van der Waals surface area contributed by atoms with Gasteiger partial charge in [0.25, 0.3) is 11.8 Å². The van der Waals surface area contributed by atoms with E-state index >= 15 is 0 Å². The summed E-state index contributed by atoms with van der Waals surface area (Å²) in [5, 5.41) is 2.15. The van der Waals surface area contributed by atoms with Crippen molar-refractivity contribution in [3.05, 3.63) is 59.4 Å². The van der Waals surface area contributed by atoms with Gasteiger partial charge in [0.05, 0.1) is 18.5 Å². The van der Waals surface area contributed by atoms with E-state index in [1.807, 2.05) is 4.90 Å². The number of ether oxygens (including phenoxy) is 1. The third-order valence-corrected chi connectivity index (χ3v) is 5.16. The quantitative estimate of drug-likeness (QED) is 0.620. The summed E-state index contributed by atoms with van der Waals surface area (Å²) in [6, 6.07) is 10.0. The smallest absolute Gasteiger partial charge is 0.335 e. The van der Waals surface area contributed by atoms with Gasteiger partial charge in [-0.3, -0.25) is 14.9 Å². The average Bonchev–Trinajstić information content (AvgIpc) is 3.26. The van der Waals surface area contributed by atoms with Crippen LogP contribution in [-0.4, -0.2) is 38.0 Å². The summed E-state index contributed by atoms with van der Waals surface area (Å²) in [5.74, 6) is -1.46. The van der Waals surface area contributed by atoms with Gasteiger partial charge in [0.15, 0.2) is 0 Å². The molecule has 0 spiro atoms. The maximum Gasteiger partial charge on any atom is 0.335 e. The number of carbonyl (C=O) groups is 3. The van der Waals surface area contributed by atoms with E-state index in [0.717, 1.165) is 30.8 Å². The van der Waals surface area contributed by atoms with Gasteiger partial charge in [0, 0.05) is 13.1 Å². The van der Waals surface area contributed by atoms with E-state index in [1.54, 1.807) is 24.3 Å². The molecule has 0 unspecified atom stereocenters. The first-order chi connectivity index (χ1) is 14.5. The molecule has 2 aromatic rings. The maximum atomic E-state index is 14.6. The molecule has 2 aromatic carbocycles. The van der Waals surface area contributed by atoms with Crippen molar-refractivity contribution in [3.63, 3.8) is 0 Å². The van der Waals surface area contributed by atoms with Crippen LogP contribution in [0.15, 0.2) is 48.0 Å². The Morgan fingerprint density at radius 3 is 2.37 bits per heavy atom. The van der Waals surface area contributed by atoms with Gasteiger partial charge >= 0.3 is 6.03 Å². The first kappa shape index (κ1) is 19.6. The number of imide groups is 2. The number of methoxy groups -OCH3 is 1. The molecule has 2 saturated heterocycles. The summed E-state index contributed by atoms with van der Waals surface area (Å²) in [4.78, 5) is 40.3. The second kappa shape index (κ2) is 7.98. The van der Waals surface area contributed by atoms with Gasteiger partial charge in [-0.25, -0.2) is 14.1 Å². The van der Waals surface area contributed by atoms with E-state index in [1.165, 1.54) is 31.4 Å². The summed E-state index contributed by atoms with van der Waals surface area (Å²) in [6.07, 6.45) is 3.34. The molecule has 154 valence electrons. The fourth-order valence-corrected chi connectivity index (χ4v) is 3.62. The molecule has 0 aromatic heterocycles. The number of nitrogens with zero attached hydrogens (tertiary/aromatic N) is 2. The number of urea groups is 1. The Hall–Kier alpha value is -3.68. The fraction of sp³-hybridized carbons (Fsp3) is 0.227. The van der Waals surface area contributed by atoms with Crippen molar-refractivity contribution in [2.45, 2.75) is 12.8 Å². The molecule has 8 heteroatoms. The lowest BCUT2D eigenvalue weighted by molar-refractivity contribution is -0.122. The zero-order valence-corrected chi connectivity index (χ0v) is 16.4. The number of rotatable bonds is 4. The lowest BCUT2D eigenvalue weighted by Gasteiger charge is -2.26. The van der Waals surface area contributed by atoms with Crippen LogP contribution in [0.5, 0.6) is 5.75 Å². The number of nitrogens with one attached hydrogen (secondary N) is 1. The molecular formula is C22H20FN3O4. The molecule has 7 nitrogen and oxygen atoms in total. The van der Waals surface area contributed by atoms with Crippen LogP contribution in [0.4, 0.5) is 20.6 Å². The Morgan fingerprint density at radius 2 is 1.73 bits per heavy atom. The molecule has 2 aliphatic heterocycles. The highest BCUT2D eigenvalue weighted by molar-refractivity contribution is 6.39. The SMILES string of the molecule is COc1ccc(N2C(=O)NC(=O)/C(=C/c3ccc(N4CCCC4)c(F)c3)C2=O)cc1. The second-order valence-corrected chi connectivity index (χ2v) is 7.06. The Kier molecular flexibility index (Phi) is 5.22. The molecule has 1 N–H and O–H groups in total. The number of barbiturate groups is 1. The van der Waals surface area contributed by atoms with Crippen molar-refractivity contribution in [1.82, 2.24) is 5.32 Å². The summed E-state index contributed by atoms with van der Waals surface area (Å²) in [7, 11) is 1.50. The molecule has 0 atom stereocenters. The third-order valence-electron chi connectivity index (χ3n) is 5.16. The third kappa shape index (κ3) is 3.63. The van der Waals surface area contributed by atoms with Crippen molar-refractivity contribution in [3.8, 4) is 5.75 Å². The minimum absolute atomic E-state index is 0.251. The van der Waals surface area contributed by atoms with Crippen LogP contribution in [-0.2, 0) is 9.59 Å². The first-order valence-corrected chi connectivity index (χ1v) is 9.58. The Bertz CT molecular complexity index is 1040. The van der Waals surface area contributed by atoms with Gasteiger partial charge in [-0.05, 0) is 60.9 Å². The molecule has 2 fully saturated rings. The zero-order chi connectivity index (χ0) is 21.3. The first-order valence-electron chi connectivity index (χ1n) is 9.58. The Balaban J connectivity index is 1.64. The standard InChI is InChI=1S/C22H20FN3O4/c1-30-16-7-5-15(6-8-16)26-21(28)17(20(27)24-22(26)29)12-14-4-9-19(18(23)13-14)25-10-2-3-11-25/h4-9,12-13H,2-3,10-11H2,1H3,(H,24,27,29)/b17-12-. The lowest BCUT2D eigenvalue weighted by Crippen LogP contribution is -2.54. The number of hydrogen-bond donors (Lipinski definition) is 1. The summed E-state index contributed by atoms with van der Waals surface area (Å²) in [6.45, 7) is 1.61.